The Bertz CT molecular complexity index is 897. The number of fused-ring (bicyclic) bond motifs is 1. The Morgan fingerprint density at radius 2 is 2.04 bits per heavy atom. The molecule has 26 heavy (non-hydrogen) atoms. The molecule has 2 heterocycles. The number of carbonyl (C=O) groups is 1. The molecule has 3 aromatic rings. The van der Waals surface area contributed by atoms with Gasteiger partial charge >= 0.3 is 0 Å². The molecule has 0 spiro atoms. The summed E-state index contributed by atoms with van der Waals surface area (Å²) in [6.45, 7) is 1.37. The van der Waals surface area contributed by atoms with Crippen molar-refractivity contribution >= 4 is 22.5 Å². The van der Waals surface area contributed by atoms with Crippen LogP contribution in [0.15, 0.2) is 60.8 Å². The first kappa shape index (κ1) is 16.5. The van der Waals surface area contributed by atoms with Crippen molar-refractivity contribution < 1.29 is 14.3 Å². The zero-order chi connectivity index (χ0) is 17.8. The van der Waals surface area contributed by atoms with Gasteiger partial charge in [0, 0.05) is 23.8 Å². The number of amides is 1. The lowest BCUT2D eigenvalue weighted by atomic mass is 10.1. The number of rotatable bonds is 5. The van der Waals surface area contributed by atoms with Crippen molar-refractivity contribution in [1.29, 1.82) is 0 Å². The lowest BCUT2D eigenvalue weighted by Gasteiger charge is -2.12. The minimum atomic E-state index is -0.160. The Kier molecular flexibility index (Phi) is 4.80. The third-order valence-electron chi connectivity index (χ3n) is 4.47. The van der Waals surface area contributed by atoms with Crippen molar-refractivity contribution in [2.75, 3.05) is 18.5 Å². The van der Waals surface area contributed by atoms with Gasteiger partial charge in [-0.1, -0.05) is 6.07 Å². The fourth-order valence-electron chi connectivity index (χ4n) is 3.07. The summed E-state index contributed by atoms with van der Waals surface area (Å²) in [6.07, 6.45) is 4.05. The third kappa shape index (κ3) is 3.68. The van der Waals surface area contributed by atoms with Crippen LogP contribution in [-0.2, 0) is 4.74 Å². The highest BCUT2D eigenvalue weighted by Gasteiger charge is 2.16. The first-order valence-corrected chi connectivity index (χ1v) is 8.79. The summed E-state index contributed by atoms with van der Waals surface area (Å²) in [5.74, 6) is 0.582. The second kappa shape index (κ2) is 7.54. The second-order valence-electron chi connectivity index (χ2n) is 6.30. The lowest BCUT2D eigenvalue weighted by Crippen LogP contribution is -2.16. The molecule has 132 valence electrons. The zero-order valence-electron chi connectivity index (χ0n) is 14.4. The van der Waals surface area contributed by atoms with Gasteiger partial charge in [-0.25, -0.2) is 0 Å². The number of carbonyl (C=O) groups excluding carboxylic acids is 1. The van der Waals surface area contributed by atoms with Gasteiger partial charge in [0.25, 0.3) is 5.91 Å². The largest absolute Gasteiger partial charge is 0.491 e. The van der Waals surface area contributed by atoms with E-state index in [0.717, 1.165) is 41.8 Å². The predicted molar refractivity (Wildman–Crippen MR) is 101 cm³/mol. The van der Waals surface area contributed by atoms with E-state index >= 15 is 0 Å². The van der Waals surface area contributed by atoms with Crippen molar-refractivity contribution in [1.82, 2.24) is 4.98 Å². The standard InChI is InChI=1S/C21H20N2O3/c24-21(23-20-7-1-6-19-18(20)5-2-12-22-19)15-8-10-16(11-9-15)26-14-17-4-3-13-25-17/h1-2,5-12,17H,3-4,13-14H2,(H,23,24)/t17-/m1/s1. The van der Waals surface area contributed by atoms with Gasteiger partial charge in [-0.3, -0.25) is 9.78 Å². The number of anilines is 1. The maximum atomic E-state index is 12.5. The van der Waals surface area contributed by atoms with Crippen molar-refractivity contribution in [3.8, 4) is 5.75 Å². The number of nitrogens with zero attached hydrogens (tertiary/aromatic N) is 1. The van der Waals surface area contributed by atoms with Gasteiger partial charge in [-0.05, 0) is 61.4 Å². The van der Waals surface area contributed by atoms with Crippen LogP contribution in [0.2, 0.25) is 0 Å². The molecule has 1 saturated heterocycles. The van der Waals surface area contributed by atoms with Crippen molar-refractivity contribution in [3.05, 3.63) is 66.4 Å². The van der Waals surface area contributed by atoms with E-state index in [0.29, 0.717) is 12.2 Å². The van der Waals surface area contributed by atoms with Crippen LogP contribution in [-0.4, -0.2) is 30.2 Å². The van der Waals surface area contributed by atoms with E-state index in [9.17, 15) is 4.79 Å². The molecule has 5 nitrogen and oxygen atoms in total. The molecule has 1 amide bonds. The highest BCUT2D eigenvalue weighted by molar-refractivity contribution is 6.08. The molecular weight excluding hydrogens is 328 g/mol. The van der Waals surface area contributed by atoms with Crippen LogP contribution >= 0.6 is 0 Å². The van der Waals surface area contributed by atoms with E-state index in [1.54, 1.807) is 18.3 Å². The number of pyridine rings is 1. The summed E-state index contributed by atoms with van der Waals surface area (Å²) in [4.78, 5) is 16.9. The van der Waals surface area contributed by atoms with Crippen molar-refractivity contribution in [3.63, 3.8) is 0 Å². The van der Waals surface area contributed by atoms with Crippen LogP contribution in [0.1, 0.15) is 23.2 Å². The zero-order valence-corrected chi connectivity index (χ0v) is 14.4. The molecule has 5 heteroatoms. The summed E-state index contributed by atoms with van der Waals surface area (Å²) >= 11 is 0. The van der Waals surface area contributed by atoms with Crippen LogP contribution in [0.3, 0.4) is 0 Å². The van der Waals surface area contributed by atoms with Gasteiger partial charge < -0.3 is 14.8 Å². The lowest BCUT2D eigenvalue weighted by molar-refractivity contribution is 0.0679. The van der Waals surface area contributed by atoms with E-state index in [1.807, 2.05) is 42.5 Å². The number of hydrogen-bond donors (Lipinski definition) is 1. The van der Waals surface area contributed by atoms with E-state index in [2.05, 4.69) is 10.3 Å². The minimum Gasteiger partial charge on any atom is -0.491 e. The molecule has 0 unspecified atom stereocenters. The number of ether oxygens (including phenoxy) is 2. The molecule has 2 aromatic carbocycles. The fourth-order valence-corrected chi connectivity index (χ4v) is 3.07. The molecule has 1 fully saturated rings. The highest BCUT2D eigenvalue weighted by Crippen LogP contribution is 2.22. The smallest absolute Gasteiger partial charge is 0.255 e. The number of aromatic nitrogens is 1. The molecule has 4 rings (SSSR count). The third-order valence-corrected chi connectivity index (χ3v) is 4.47. The van der Waals surface area contributed by atoms with Gasteiger partial charge in [0.05, 0.1) is 17.3 Å². The van der Waals surface area contributed by atoms with Crippen LogP contribution < -0.4 is 10.1 Å². The van der Waals surface area contributed by atoms with Gasteiger partial charge in [-0.15, -0.1) is 0 Å². The number of benzene rings is 2. The molecule has 0 saturated carbocycles. The Morgan fingerprint density at radius 1 is 1.15 bits per heavy atom. The normalized spacial score (nSPS) is 16.5. The van der Waals surface area contributed by atoms with Crippen LogP contribution in [0, 0.1) is 0 Å². The summed E-state index contributed by atoms with van der Waals surface area (Å²) in [5, 5.41) is 3.87. The molecule has 1 atom stereocenters. The van der Waals surface area contributed by atoms with E-state index in [4.69, 9.17) is 9.47 Å². The first-order chi connectivity index (χ1) is 12.8. The van der Waals surface area contributed by atoms with Gasteiger partial charge in [0.2, 0.25) is 0 Å². The average molecular weight is 348 g/mol. The van der Waals surface area contributed by atoms with Gasteiger partial charge in [0.15, 0.2) is 0 Å². The summed E-state index contributed by atoms with van der Waals surface area (Å²) in [5.41, 5.74) is 2.18. The van der Waals surface area contributed by atoms with E-state index < -0.39 is 0 Å². The average Bonchev–Trinajstić information content (AvgIpc) is 3.21. The van der Waals surface area contributed by atoms with E-state index in [-0.39, 0.29) is 12.0 Å². The Hall–Kier alpha value is -2.92. The fraction of sp³-hybridized carbons (Fsp3) is 0.238. The van der Waals surface area contributed by atoms with E-state index in [1.165, 1.54) is 0 Å². The van der Waals surface area contributed by atoms with Gasteiger partial charge in [0.1, 0.15) is 12.4 Å². The second-order valence-corrected chi connectivity index (χ2v) is 6.30. The molecule has 1 aliphatic heterocycles. The molecule has 0 radical (unpaired) electrons. The van der Waals surface area contributed by atoms with Crippen LogP contribution in [0.25, 0.3) is 10.9 Å². The van der Waals surface area contributed by atoms with Crippen LogP contribution in [0.4, 0.5) is 5.69 Å². The predicted octanol–water partition coefficient (Wildman–Crippen LogP) is 4.04. The van der Waals surface area contributed by atoms with Gasteiger partial charge in [-0.2, -0.15) is 0 Å². The minimum absolute atomic E-state index is 0.160. The molecule has 1 N–H and O–H groups in total. The molecule has 0 bridgehead atoms. The maximum Gasteiger partial charge on any atom is 0.255 e. The number of hydrogen-bond acceptors (Lipinski definition) is 4. The Morgan fingerprint density at radius 3 is 2.85 bits per heavy atom. The number of nitrogens with one attached hydrogen (secondary N) is 1. The topological polar surface area (TPSA) is 60.5 Å². The maximum absolute atomic E-state index is 12.5. The van der Waals surface area contributed by atoms with Crippen molar-refractivity contribution in [2.45, 2.75) is 18.9 Å². The summed E-state index contributed by atoms with van der Waals surface area (Å²) in [6, 6.07) is 16.6. The summed E-state index contributed by atoms with van der Waals surface area (Å²) in [7, 11) is 0. The molecule has 1 aliphatic rings. The van der Waals surface area contributed by atoms with Crippen LogP contribution in [0.5, 0.6) is 5.75 Å². The Balaban J connectivity index is 1.42. The summed E-state index contributed by atoms with van der Waals surface area (Å²) < 4.78 is 11.3. The van der Waals surface area contributed by atoms with Crippen molar-refractivity contribution in [2.24, 2.45) is 0 Å². The quantitative estimate of drug-likeness (QED) is 0.756. The molecule has 0 aliphatic carbocycles. The highest BCUT2D eigenvalue weighted by atomic mass is 16.5. The SMILES string of the molecule is O=C(Nc1cccc2ncccc12)c1ccc(OC[C@H]2CCCO2)cc1. The monoisotopic (exact) mass is 348 g/mol. The molecule has 1 aromatic heterocycles. The first-order valence-electron chi connectivity index (χ1n) is 8.79. The molecular formula is C21H20N2O3. The Labute approximate surface area is 152 Å².